The average Bonchev–Trinajstić information content (AvgIpc) is 2.87. The third-order valence-corrected chi connectivity index (χ3v) is 4.26. The lowest BCUT2D eigenvalue weighted by atomic mass is 10.2. The van der Waals surface area contributed by atoms with Gasteiger partial charge < -0.3 is 15.4 Å². The fourth-order valence-corrected chi connectivity index (χ4v) is 2.84. The lowest BCUT2D eigenvalue weighted by Crippen LogP contribution is -2.26. The Morgan fingerprint density at radius 2 is 2.25 bits per heavy atom. The number of carbonyl (C=O) groups excluding carboxylic acids is 1. The van der Waals surface area contributed by atoms with Crippen molar-refractivity contribution in [1.29, 1.82) is 0 Å². The number of aromatic nitrogens is 2. The van der Waals surface area contributed by atoms with Gasteiger partial charge in [0, 0.05) is 26.8 Å². The van der Waals surface area contributed by atoms with Gasteiger partial charge in [-0.2, -0.15) is 0 Å². The van der Waals surface area contributed by atoms with Gasteiger partial charge in [0.15, 0.2) is 4.34 Å². The number of hydrogen-bond acceptors (Lipinski definition) is 7. The first-order valence-corrected chi connectivity index (χ1v) is 8.38. The second kappa shape index (κ2) is 9.95. The van der Waals surface area contributed by atoms with Crippen molar-refractivity contribution in [2.24, 2.45) is 5.92 Å². The SMILES string of the molecule is COCCCNC(=O)CSc1nnc(NCC(C)C)s1. The van der Waals surface area contributed by atoms with Gasteiger partial charge in [-0.05, 0) is 12.3 Å². The van der Waals surface area contributed by atoms with Crippen LogP contribution in [0.2, 0.25) is 0 Å². The Balaban J connectivity index is 2.19. The summed E-state index contributed by atoms with van der Waals surface area (Å²) in [6, 6.07) is 0. The first kappa shape index (κ1) is 17.2. The molecule has 0 aliphatic rings. The molecule has 1 amide bonds. The number of rotatable bonds is 10. The van der Waals surface area contributed by atoms with Crippen molar-refractivity contribution in [1.82, 2.24) is 15.5 Å². The number of hydrogen-bond donors (Lipinski definition) is 2. The summed E-state index contributed by atoms with van der Waals surface area (Å²) >= 11 is 2.89. The largest absolute Gasteiger partial charge is 0.385 e. The van der Waals surface area contributed by atoms with Crippen LogP contribution < -0.4 is 10.6 Å². The van der Waals surface area contributed by atoms with Crippen LogP contribution >= 0.6 is 23.1 Å². The van der Waals surface area contributed by atoms with Gasteiger partial charge in [-0.25, -0.2) is 0 Å². The summed E-state index contributed by atoms with van der Waals surface area (Å²) in [4.78, 5) is 11.6. The van der Waals surface area contributed by atoms with E-state index in [2.05, 4.69) is 34.7 Å². The Kier molecular flexibility index (Phi) is 8.56. The van der Waals surface area contributed by atoms with Crippen LogP contribution in [-0.4, -0.2) is 48.7 Å². The minimum Gasteiger partial charge on any atom is -0.385 e. The predicted octanol–water partition coefficient (Wildman–Crippen LogP) is 1.85. The van der Waals surface area contributed by atoms with E-state index in [4.69, 9.17) is 4.74 Å². The van der Waals surface area contributed by atoms with Crippen molar-refractivity contribution in [2.45, 2.75) is 24.6 Å². The summed E-state index contributed by atoms with van der Waals surface area (Å²) in [6.07, 6.45) is 0.828. The molecule has 0 aromatic carbocycles. The number of methoxy groups -OCH3 is 1. The molecule has 6 nitrogen and oxygen atoms in total. The molecule has 1 heterocycles. The number of nitrogens with one attached hydrogen (secondary N) is 2. The van der Waals surface area contributed by atoms with Gasteiger partial charge >= 0.3 is 0 Å². The second-order valence-electron chi connectivity index (χ2n) is 4.63. The van der Waals surface area contributed by atoms with Crippen molar-refractivity contribution in [2.75, 3.05) is 37.9 Å². The Labute approximate surface area is 128 Å². The maximum Gasteiger partial charge on any atom is 0.230 e. The zero-order valence-electron chi connectivity index (χ0n) is 12.1. The predicted molar refractivity (Wildman–Crippen MR) is 83.5 cm³/mol. The molecular weight excluding hydrogens is 296 g/mol. The van der Waals surface area contributed by atoms with E-state index >= 15 is 0 Å². The fraction of sp³-hybridized carbons (Fsp3) is 0.750. The van der Waals surface area contributed by atoms with Gasteiger partial charge in [-0.3, -0.25) is 4.79 Å². The molecule has 8 heteroatoms. The molecule has 0 aliphatic heterocycles. The topological polar surface area (TPSA) is 76.1 Å². The van der Waals surface area contributed by atoms with Crippen LogP contribution in [0.25, 0.3) is 0 Å². The van der Waals surface area contributed by atoms with Crippen LogP contribution in [-0.2, 0) is 9.53 Å². The van der Waals surface area contributed by atoms with E-state index in [9.17, 15) is 4.79 Å². The Hall–Kier alpha value is -0.860. The lowest BCUT2D eigenvalue weighted by molar-refractivity contribution is -0.118. The van der Waals surface area contributed by atoms with Crippen LogP contribution in [0.5, 0.6) is 0 Å². The monoisotopic (exact) mass is 318 g/mol. The van der Waals surface area contributed by atoms with Gasteiger partial charge in [-0.15, -0.1) is 10.2 Å². The van der Waals surface area contributed by atoms with Crippen LogP contribution in [0.4, 0.5) is 5.13 Å². The molecule has 0 atom stereocenters. The van der Waals surface area contributed by atoms with E-state index in [1.165, 1.54) is 23.1 Å². The van der Waals surface area contributed by atoms with Crippen LogP contribution in [0.3, 0.4) is 0 Å². The summed E-state index contributed by atoms with van der Waals surface area (Å²) in [5.41, 5.74) is 0. The van der Waals surface area contributed by atoms with E-state index in [1.807, 2.05) is 0 Å². The fourth-order valence-electron chi connectivity index (χ4n) is 1.25. The molecule has 1 rings (SSSR count). The molecule has 0 saturated carbocycles. The maximum atomic E-state index is 11.6. The molecule has 1 aromatic rings. The summed E-state index contributed by atoms with van der Waals surface area (Å²) in [5, 5.41) is 14.9. The lowest BCUT2D eigenvalue weighted by Gasteiger charge is -2.03. The van der Waals surface area contributed by atoms with Crippen molar-refractivity contribution < 1.29 is 9.53 Å². The van der Waals surface area contributed by atoms with Crippen molar-refractivity contribution in [3.8, 4) is 0 Å². The van der Waals surface area contributed by atoms with Gasteiger partial charge in [0.25, 0.3) is 0 Å². The molecule has 2 N–H and O–H groups in total. The normalized spacial score (nSPS) is 10.8. The molecule has 0 unspecified atom stereocenters. The van der Waals surface area contributed by atoms with E-state index in [1.54, 1.807) is 7.11 Å². The minimum atomic E-state index is 0.0120. The zero-order valence-corrected chi connectivity index (χ0v) is 13.8. The standard InChI is InChI=1S/C12H22N4O2S2/c1-9(2)7-14-11-15-16-12(20-11)19-8-10(17)13-5-4-6-18-3/h9H,4-8H2,1-3H3,(H,13,17)(H,14,15). The van der Waals surface area contributed by atoms with Gasteiger partial charge in [0.1, 0.15) is 0 Å². The quantitative estimate of drug-likeness (QED) is 0.506. The number of anilines is 1. The summed E-state index contributed by atoms with van der Waals surface area (Å²) in [6.45, 7) is 6.45. The van der Waals surface area contributed by atoms with Crippen molar-refractivity contribution >= 4 is 34.1 Å². The number of nitrogens with zero attached hydrogens (tertiary/aromatic N) is 2. The zero-order chi connectivity index (χ0) is 14.8. The summed E-state index contributed by atoms with van der Waals surface area (Å²) in [7, 11) is 1.65. The third kappa shape index (κ3) is 7.66. The number of thioether (sulfide) groups is 1. The molecule has 0 radical (unpaired) electrons. The van der Waals surface area contributed by atoms with E-state index in [0.29, 0.717) is 24.8 Å². The molecule has 0 bridgehead atoms. The molecule has 0 spiro atoms. The second-order valence-corrected chi connectivity index (χ2v) is 6.83. The van der Waals surface area contributed by atoms with E-state index in [-0.39, 0.29) is 5.91 Å². The van der Waals surface area contributed by atoms with Crippen molar-refractivity contribution in [3.63, 3.8) is 0 Å². The molecule has 0 aliphatic carbocycles. The average molecular weight is 318 g/mol. The highest BCUT2D eigenvalue weighted by molar-refractivity contribution is 8.01. The summed E-state index contributed by atoms with van der Waals surface area (Å²) in [5.74, 6) is 0.942. The molecule has 0 fully saturated rings. The molecule has 0 saturated heterocycles. The van der Waals surface area contributed by atoms with E-state index < -0.39 is 0 Å². The van der Waals surface area contributed by atoms with Crippen LogP contribution in [0.15, 0.2) is 4.34 Å². The van der Waals surface area contributed by atoms with E-state index in [0.717, 1.165) is 22.4 Å². The summed E-state index contributed by atoms with van der Waals surface area (Å²) < 4.78 is 5.72. The smallest absolute Gasteiger partial charge is 0.230 e. The molecule has 20 heavy (non-hydrogen) atoms. The first-order chi connectivity index (χ1) is 9.61. The van der Waals surface area contributed by atoms with Crippen LogP contribution in [0.1, 0.15) is 20.3 Å². The molecular formula is C12H22N4O2S2. The van der Waals surface area contributed by atoms with Crippen molar-refractivity contribution in [3.05, 3.63) is 0 Å². The van der Waals surface area contributed by atoms with Crippen LogP contribution in [0, 0.1) is 5.92 Å². The molecule has 1 aromatic heterocycles. The minimum absolute atomic E-state index is 0.0120. The Bertz CT molecular complexity index is 399. The molecule has 114 valence electrons. The maximum absolute atomic E-state index is 11.6. The number of amides is 1. The highest BCUT2D eigenvalue weighted by Crippen LogP contribution is 2.25. The van der Waals surface area contributed by atoms with Gasteiger partial charge in [-0.1, -0.05) is 36.9 Å². The van der Waals surface area contributed by atoms with Gasteiger partial charge in [0.2, 0.25) is 11.0 Å². The Morgan fingerprint density at radius 3 is 2.95 bits per heavy atom. The number of ether oxygens (including phenoxy) is 1. The van der Waals surface area contributed by atoms with Gasteiger partial charge in [0.05, 0.1) is 5.75 Å². The highest BCUT2D eigenvalue weighted by Gasteiger charge is 2.08. The Morgan fingerprint density at radius 1 is 1.45 bits per heavy atom. The highest BCUT2D eigenvalue weighted by atomic mass is 32.2. The number of carbonyl (C=O) groups is 1. The first-order valence-electron chi connectivity index (χ1n) is 6.57. The third-order valence-electron chi connectivity index (χ3n) is 2.24.